The molecule has 4 heterocycles. The fraction of sp³-hybridized carbons (Fsp3) is 0.182. The molecular formula is C33H23ClF3N5O2S. The second kappa shape index (κ2) is 11.6. The van der Waals surface area contributed by atoms with Crippen molar-refractivity contribution in [1.82, 2.24) is 19.5 Å². The zero-order valence-electron chi connectivity index (χ0n) is 24.2. The maximum atomic E-state index is 14.4. The molecule has 6 aromatic rings. The zero-order chi connectivity index (χ0) is 32.0. The molecule has 0 radical (unpaired) electrons. The molecule has 0 aliphatic heterocycles. The number of ether oxygens (including phenoxy) is 1. The van der Waals surface area contributed by atoms with E-state index in [-0.39, 0.29) is 41.0 Å². The Morgan fingerprint density at radius 3 is 2.58 bits per heavy atom. The highest BCUT2D eigenvalue weighted by atomic mass is 35.5. The van der Waals surface area contributed by atoms with Gasteiger partial charge in [0.2, 0.25) is 0 Å². The number of thiophene rings is 1. The summed E-state index contributed by atoms with van der Waals surface area (Å²) in [5, 5.41) is 12.5. The van der Waals surface area contributed by atoms with Crippen LogP contribution in [0, 0.1) is 32.1 Å². The first-order chi connectivity index (χ1) is 21.5. The predicted octanol–water partition coefficient (Wildman–Crippen LogP) is 8.28. The molecule has 0 N–H and O–H groups in total. The van der Waals surface area contributed by atoms with Gasteiger partial charge >= 0.3 is 6.18 Å². The van der Waals surface area contributed by atoms with Crippen LogP contribution in [0.2, 0.25) is 5.02 Å². The Morgan fingerprint density at radius 1 is 1.02 bits per heavy atom. The van der Waals surface area contributed by atoms with Crippen LogP contribution in [0.3, 0.4) is 0 Å². The Hall–Kier alpha value is -4.79. The summed E-state index contributed by atoms with van der Waals surface area (Å²) >= 11 is 7.88. The van der Waals surface area contributed by atoms with Gasteiger partial charge in [0.25, 0.3) is 5.56 Å². The topological polar surface area (TPSA) is 93.7 Å². The Labute approximate surface area is 264 Å². The Balaban J connectivity index is 1.43. The van der Waals surface area contributed by atoms with Gasteiger partial charge in [0.1, 0.15) is 24.3 Å². The van der Waals surface area contributed by atoms with Gasteiger partial charge < -0.3 is 4.74 Å². The van der Waals surface area contributed by atoms with Gasteiger partial charge in [-0.2, -0.15) is 18.4 Å². The van der Waals surface area contributed by atoms with Gasteiger partial charge in [-0.15, -0.1) is 11.3 Å². The number of alkyl halides is 3. The SMILES string of the molecule is Cc1cnc(C)c(-c2c(C(F)(F)F)cc3nc(C)n(CCOc4ccc(Cl)cc4-c4ccnc5ccsc45)c(=O)c3c2C#N)c1. The largest absolute Gasteiger partial charge is 0.491 e. The summed E-state index contributed by atoms with van der Waals surface area (Å²) < 4.78 is 51.6. The lowest BCUT2D eigenvalue weighted by molar-refractivity contribution is -0.137. The molecule has 0 saturated heterocycles. The summed E-state index contributed by atoms with van der Waals surface area (Å²) in [7, 11) is 0. The van der Waals surface area contributed by atoms with Crippen molar-refractivity contribution in [1.29, 1.82) is 5.26 Å². The molecular weight excluding hydrogens is 623 g/mol. The molecule has 0 fully saturated rings. The third kappa shape index (κ3) is 5.52. The van der Waals surface area contributed by atoms with E-state index in [1.807, 2.05) is 23.6 Å². The molecule has 0 amide bonds. The fourth-order valence-electron chi connectivity index (χ4n) is 5.43. The van der Waals surface area contributed by atoms with Crippen LogP contribution in [0.4, 0.5) is 13.2 Å². The van der Waals surface area contributed by atoms with E-state index in [1.54, 1.807) is 49.6 Å². The minimum absolute atomic E-state index is 0.0205. The highest BCUT2D eigenvalue weighted by Gasteiger charge is 2.37. The van der Waals surface area contributed by atoms with Crippen molar-refractivity contribution in [3.8, 4) is 34.1 Å². The number of hydrogen-bond acceptors (Lipinski definition) is 7. The normalized spacial score (nSPS) is 11.7. The second-order valence-corrected chi connectivity index (χ2v) is 11.8. The minimum atomic E-state index is -4.82. The van der Waals surface area contributed by atoms with Gasteiger partial charge in [-0.25, -0.2) is 4.98 Å². The third-order valence-corrected chi connectivity index (χ3v) is 8.67. The number of nitrogens with zero attached hydrogens (tertiary/aromatic N) is 5. The molecule has 0 unspecified atom stereocenters. The molecule has 0 bridgehead atoms. The van der Waals surface area contributed by atoms with E-state index in [0.717, 1.165) is 27.4 Å². The first-order valence-corrected chi connectivity index (χ1v) is 15.0. The van der Waals surface area contributed by atoms with E-state index in [1.165, 1.54) is 23.8 Å². The van der Waals surface area contributed by atoms with E-state index in [9.17, 15) is 23.2 Å². The zero-order valence-corrected chi connectivity index (χ0v) is 25.7. The Bertz CT molecular complexity index is 2240. The van der Waals surface area contributed by atoms with Crippen molar-refractivity contribution in [2.24, 2.45) is 0 Å². The van der Waals surface area contributed by atoms with Crippen LogP contribution in [-0.2, 0) is 12.7 Å². The number of aryl methyl sites for hydroxylation is 3. The van der Waals surface area contributed by atoms with Crippen LogP contribution < -0.4 is 10.3 Å². The molecule has 45 heavy (non-hydrogen) atoms. The van der Waals surface area contributed by atoms with Crippen molar-refractivity contribution in [2.75, 3.05) is 6.61 Å². The number of rotatable bonds is 6. The van der Waals surface area contributed by atoms with E-state index in [4.69, 9.17) is 16.3 Å². The van der Waals surface area contributed by atoms with Gasteiger partial charge in [-0.05, 0) is 74.2 Å². The van der Waals surface area contributed by atoms with Crippen molar-refractivity contribution in [3.63, 3.8) is 0 Å². The number of benzene rings is 2. The summed E-state index contributed by atoms with van der Waals surface area (Å²) in [4.78, 5) is 26.9. The summed E-state index contributed by atoms with van der Waals surface area (Å²) in [6, 6.07) is 13.3. The molecule has 0 spiro atoms. The van der Waals surface area contributed by atoms with E-state index >= 15 is 0 Å². The first-order valence-electron chi connectivity index (χ1n) is 13.7. The monoisotopic (exact) mass is 645 g/mol. The lowest BCUT2D eigenvalue weighted by atomic mass is 9.90. The lowest BCUT2D eigenvalue weighted by Gasteiger charge is -2.19. The molecule has 12 heteroatoms. The van der Waals surface area contributed by atoms with Crippen LogP contribution >= 0.6 is 22.9 Å². The molecule has 7 nitrogen and oxygen atoms in total. The van der Waals surface area contributed by atoms with Crippen LogP contribution in [0.1, 0.15) is 28.2 Å². The molecule has 2 aromatic carbocycles. The van der Waals surface area contributed by atoms with Crippen LogP contribution in [-0.4, -0.2) is 26.1 Å². The second-order valence-electron chi connectivity index (χ2n) is 10.4. The minimum Gasteiger partial charge on any atom is -0.491 e. The average Bonchev–Trinajstić information content (AvgIpc) is 3.48. The highest BCUT2D eigenvalue weighted by Crippen LogP contribution is 2.42. The first kappa shape index (κ1) is 30.2. The number of halogens is 4. The predicted molar refractivity (Wildman–Crippen MR) is 169 cm³/mol. The van der Waals surface area contributed by atoms with Crippen molar-refractivity contribution < 1.29 is 17.9 Å². The molecule has 0 aliphatic rings. The summed E-state index contributed by atoms with van der Waals surface area (Å²) in [5.41, 5.74) is 0.807. The fourth-order valence-corrected chi connectivity index (χ4v) is 6.48. The molecule has 0 aliphatic carbocycles. The van der Waals surface area contributed by atoms with Crippen LogP contribution in [0.5, 0.6) is 5.75 Å². The van der Waals surface area contributed by atoms with Gasteiger partial charge in [0.05, 0.1) is 38.8 Å². The molecule has 6 rings (SSSR count). The number of aromatic nitrogens is 4. The number of pyridine rings is 2. The smallest absolute Gasteiger partial charge is 0.417 e. The molecule has 0 saturated carbocycles. The summed E-state index contributed by atoms with van der Waals surface area (Å²) in [6.45, 7) is 4.83. The summed E-state index contributed by atoms with van der Waals surface area (Å²) in [6.07, 6.45) is -1.58. The number of nitriles is 1. The third-order valence-electron chi connectivity index (χ3n) is 7.50. The van der Waals surface area contributed by atoms with Crippen LogP contribution in [0.15, 0.2) is 65.0 Å². The van der Waals surface area contributed by atoms with Crippen molar-refractivity contribution in [2.45, 2.75) is 33.5 Å². The van der Waals surface area contributed by atoms with E-state index in [0.29, 0.717) is 22.0 Å². The van der Waals surface area contributed by atoms with Gasteiger partial charge in [0.15, 0.2) is 0 Å². The average molecular weight is 646 g/mol. The highest BCUT2D eigenvalue weighted by molar-refractivity contribution is 7.17. The Kier molecular flexibility index (Phi) is 7.81. The van der Waals surface area contributed by atoms with Crippen molar-refractivity contribution >= 4 is 44.1 Å². The van der Waals surface area contributed by atoms with Gasteiger partial charge in [0, 0.05) is 45.4 Å². The Morgan fingerprint density at radius 2 is 1.82 bits per heavy atom. The molecule has 0 atom stereocenters. The van der Waals surface area contributed by atoms with E-state index < -0.39 is 22.9 Å². The molecule has 4 aromatic heterocycles. The van der Waals surface area contributed by atoms with Gasteiger partial charge in [-0.1, -0.05) is 11.6 Å². The van der Waals surface area contributed by atoms with E-state index in [2.05, 4.69) is 15.0 Å². The quantitative estimate of drug-likeness (QED) is 0.181. The van der Waals surface area contributed by atoms with Gasteiger partial charge in [-0.3, -0.25) is 19.3 Å². The molecule has 226 valence electrons. The van der Waals surface area contributed by atoms with Crippen LogP contribution in [0.25, 0.3) is 43.4 Å². The standard InChI is InChI=1S/C33H23ClF3N5O2S/c1-17-12-22(18(2)40-16-17)29-24(15-38)30-27(14-25(29)33(35,36)37)41-19(3)42(32(30)43)9-10-44-28-5-4-20(34)13-23(28)21-6-8-39-26-7-11-45-31(21)26/h4-8,11-14,16H,9-10H2,1-3H3. The van der Waals surface area contributed by atoms with Crippen molar-refractivity contribution in [3.05, 3.63) is 104 Å². The number of fused-ring (bicyclic) bond motifs is 2. The number of hydrogen-bond donors (Lipinski definition) is 0. The maximum Gasteiger partial charge on any atom is 0.417 e. The lowest BCUT2D eigenvalue weighted by Crippen LogP contribution is -2.27. The maximum absolute atomic E-state index is 14.4. The summed E-state index contributed by atoms with van der Waals surface area (Å²) in [5.74, 6) is 0.706.